The fourth-order valence-electron chi connectivity index (χ4n) is 2.10. The topological polar surface area (TPSA) is 61.0 Å². The highest BCUT2D eigenvalue weighted by Crippen LogP contribution is 2.30. The molecule has 0 spiro atoms. The van der Waals surface area contributed by atoms with E-state index in [4.69, 9.17) is 10.5 Å². The molecule has 16 heavy (non-hydrogen) atoms. The largest absolute Gasteiger partial charge is 0.474 e. The molecule has 1 fully saturated rings. The molecule has 1 saturated carbocycles. The maximum Gasteiger partial charge on any atom is 0.227 e. The molecule has 0 aliphatic heterocycles. The molecule has 3 rings (SSSR count). The average Bonchev–Trinajstić information content (AvgIpc) is 2.87. The van der Waals surface area contributed by atoms with Crippen LogP contribution in [0.1, 0.15) is 25.7 Å². The maximum atomic E-state index is 5.90. The van der Waals surface area contributed by atoms with Crippen LogP contribution in [0.2, 0.25) is 0 Å². The van der Waals surface area contributed by atoms with Crippen LogP contribution in [0.5, 0.6) is 5.88 Å². The van der Waals surface area contributed by atoms with Gasteiger partial charge >= 0.3 is 0 Å². The van der Waals surface area contributed by atoms with Gasteiger partial charge in [0.25, 0.3) is 0 Å². The van der Waals surface area contributed by atoms with E-state index < -0.39 is 0 Å². The molecule has 0 saturated heterocycles. The van der Waals surface area contributed by atoms with Crippen molar-refractivity contribution in [1.29, 1.82) is 0 Å². The van der Waals surface area contributed by atoms with Crippen LogP contribution in [-0.4, -0.2) is 16.1 Å². The van der Waals surface area contributed by atoms with Gasteiger partial charge in [-0.25, -0.2) is 4.98 Å². The normalized spacial score (nSPS) is 17.0. The van der Waals surface area contributed by atoms with Crippen LogP contribution in [-0.2, 0) is 0 Å². The molecule has 0 bridgehead atoms. The van der Waals surface area contributed by atoms with E-state index in [0.29, 0.717) is 17.9 Å². The Labute approximate surface area is 97.5 Å². The van der Waals surface area contributed by atoms with E-state index in [1.807, 2.05) is 11.4 Å². The van der Waals surface area contributed by atoms with Crippen molar-refractivity contribution >= 4 is 27.5 Å². The fraction of sp³-hybridized carbons (Fsp3) is 0.455. The standard InChI is InChI=1S/C11H13N3OS/c12-11-13-9(15-7-3-1-2-4-7)8-5-6-16-10(8)14-11/h5-7H,1-4H2,(H2,12,13,14). The van der Waals surface area contributed by atoms with E-state index in [0.717, 1.165) is 23.1 Å². The van der Waals surface area contributed by atoms with Crippen LogP contribution < -0.4 is 10.5 Å². The molecule has 1 aliphatic carbocycles. The smallest absolute Gasteiger partial charge is 0.227 e. The Morgan fingerprint density at radius 2 is 2.12 bits per heavy atom. The summed E-state index contributed by atoms with van der Waals surface area (Å²) in [6.07, 6.45) is 5.04. The number of nitrogens with two attached hydrogens (primary N) is 1. The summed E-state index contributed by atoms with van der Waals surface area (Å²) >= 11 is 1.56. The summed E-state index contributed by atoms with van der Waals surface area (Å²) in [5.74, 6) is 0.943. The van der Waals surface area contributed by atoms with Gasteiger partial charge in [0, 0.05) is 0 Å². The van der Waals surface area contributed by atoms with E-state index in [-0.39, 0.29) is 0 Å². The lowest BCUT2D eigenvalue weighted by Crippen LogP contribution is -2.12. The van der Waals surface area contributed by atoms with Crippen LogP contribution >= 0.6 is 11.3 Å². The molecule has 0 amide bonds. The van der Waals surface area contributed by atoms with Gasteiger partial charge in [-0.2, -0.15) is 4.98 Å². The Kier molecular flexibility index (Phi) is 2.40. The summed E-state index contributed by atoms with van der Waals surface area (Å²) in [6.45, 7) is 0. The molecule has 84 valence electrons. The Morgan fingerprint density at radius 1 is 1.31 bits per heavy atom. The molecular weight excluding hydrogens is 222 g/mol. The first-order chi connectivity index (χ1) is 7.83. The van der Waals surface area contributed by atoms with Crippen LogP contribution in [0, 0.1) is 0 Å². The molecule has 2 aromatic heterocycles. The third-order valence-electron chi connectivity index (χ3n) is 2.89. The van der Waals surface area contributed by atoms with Crippen molar-refractivity contribution in [1.82, 2.24) is 9.97 Å². The third-order valence-corrected chi connectivity index (χ3v) is 3.69. The summed E-state index contributed by atoms with van der Waals surface area (Å²) in [4.78, 5) is 9.27. The van der Waals surface area contributed by atoms with Gasteiger partial charge in [-0.05, 0) is 37.1 Å². The zero-order valence-corrected chi connectivity index (χ0v) is 9.67. The molecule has 0 radical (unpaired) electrons. The van der Waals surface area contributed by atoms with Gasteiger partial charge in [0.15, 0.2) is 0 Å². The second-order valence-corrected chi connectivity index (χ2v) is 4.95. The monoisotopic (exact) mass is 235 g/mol. The lowest BCUT2D eigenvalue weighted by molar-refractivity contribution is 0.204. The third kappa shape index (κ3) is 1.71. The molecule has 0 atom stereocenters. The first-order valence-corrected chi connectivity index (χ1v) is 6.38. The molecule has 2 N–H and O–H groups in total. The van der Waals surface area contributed by atoms with Gasteiger partial charge in [0.1, 0.15) is 10.9 Å². The van der Waals surface area contributed by atoms with Gasteiger partial charge in [0.2, 0.25) is 11.8 Å². The summed E-state index contributed by atoms with van der Waals surface area (Å²) in [5.41, 5.74) is 5.66. The number of anilines is 1. The number of aromatic nitrogens is 2. The van der Waals surface area contributed by atoms with Crippen molar-refractivity contribution in [2.24, 2.45) is 0 Å². The van der Waals surface area contributed by atoms with E-state index >= 15 is 0 Å². The number of hydrogen-bond donors (Lipinski definition) is 1. The first-order valence-electron chi connectivity index (χ1n) is 5.50. The number of nitrogens with zero attached hydrogens (tertiary/aromatic N) is 2. The van der Waals surface area contributed by atoms with Crippen molar-refractivity contribution in [3.05, 3.63) is 11.4 Å². The van der Waals surface area contributed by atoms with Gasteiger partial charge in [-0.1, -0.05) is 0 Å². The number of fused-ring (bicyclic) bond motifs is 1. The maximum absolute atomic E-state index is 5.90. The van der Waals surface area contributed by atoms with Crippen molar-refractivity contribution < 1.29 is 4.74 Å². The molecule has 2 heterocycles. The SMILES string of the molecule is Nc1nc(OC2CCCC2)c2ccsc2n1. The predicted octanol–water partition coefficient (Wildman–Crippen LogP) is 2.59. The molecule has 0 unspecified atom stereocenters. The zero-order valence-electron chi connectivity index (χ0n) is 8.85. The van der Waals surface area contributed by atoms with Gasteiger partial charge in [0.05, 0.1) is 5.39 Å². The van der Waals surface area contributed by atoms with Crippen molar-refractivity contribution in [2.75, 3.05) is 5.73 Å². The minimum atomic E-state index is 0.294. The Balaban J connectivity index is 1.97. The number of thiophene rings is 1. The van der Waals surface area contributed by atoms with E-state index in [2.05, 4.69) is 9.97 Å². The average molecular weight is 235 g/mol. The number of nitrogen functional groups attached to an aromatic ring is 1. The summed E-state index contributed by atoms with van der Waals surface area (Å²) in [7, 11) is 0. The molecule has 1 aliphatic rings. The summed E-state index contributed by atoms with van der Waals surface area (Å²) in [5, 5.41) is 2.96. The highest BCUT2D eigenvalue weighted by Gasteiger charge is 2.19. The van der Waals surface area contributed by atoms with Crippen molar-refractivity contribution in [2.45, 2.75) is 31.8 Å². The van der Waals surface area contributed by atoms with Gasteiger partial charge in [-0.15, -0.1) is 11.3 Å². The highest BCUT2D eigenvalue weighted by molar-refractivity contribution is 7.16. The van der Waals surface area contributed by atoms with Crippen LogP contribution in [0.15, 0.2) is 11.4 Å². The van der Waals surface area contributed by atoms with E-state index in [1.54, 1.807) is 11.3 Å². The van der Waals surface area contributed by atoms with Crippen molar-refractivity contribution in [3.63, 3.8) is 0 Å². The number of hydrogen-bond acceptors (Lipinski definition) is 5. The zero-order chi connectivity index (χ0) is 11.0. The van der Waals surface area contributed by atoms with Crippen LogP contribution in [0.25, 0.3) is 10.2 Å². The number of rotatable bonds is 2. The lowest BCUT2D eigenvalue weighted by Gasteiger charge is -2.12. The second kappa shape index (κ2) is 3.90. The van der Waals surface area contributed by atoms with E-state index in [9.17, 15) is 0 Å². The Bertz CT molecular complexity index is 505. The quantitative estimate of drug-likeness (QED) is 0.869. The fourth-order valence-corrected chi connectivity index (χ4v) is 2.86. The highest BCUT2D eigenvalue weighted by atomic mass is 32.1. The second-order valence-electron chi connectivity index (χ2n) is 4.05. The minimum absolute atomic E-state index is 0.294. The molecule has 0 aromatic carbocycles. The van der Waals surface area contributed by atoms with E-state index in [1.165, 1.54) is 12.8 Å². The van der Waals surface area contributed by atoms with Crippen LogP contribution in [0.4, 0.5) is 5.95 Å². The molecule has 5 heteroatoms. The molecule has 4 nitrogen and oxygen atoms in total. The first kappa shape index (κ1) is 9.84. The molecule has 2 aromatic rings. The number of ether oxygens (including phenoxy) is 1. The minimum Gasteiger partial charge on any atom is -0.474 e. The summed E-state index contributed by atoms with van der Waals surface area (Å²) in [6, 6.07) is 1.99. The Morgan fingerprint density at radius 3 is 2.94 bits per heavy atom. The summed E-state index contributed by atoms with van der Waals surface area (Å²) < 4.78 is 5.90. The predicted molar refractivity (Wildman–Crippen MR) is 64.7 cm³/mol. The Hall–Kier alpha value is -1.36. The van der Waals surface area contributed by atoms with Gasteiger partial charge < -0.3 is 10.5 Å². The molecular formula is C11H13N3OS. The van der Waals surface area contributed by atoms with Crippen molar-refractivity contribution in [3.8, 4) is 5.88 Å². The lowest BCUT2D eigenvalue weighted by atomic mass is 10.3. The van der Waals surface area contributed by atoms with Crippen LogP contribution in [0.3, 0.4) is 0 Å². The van der Waals surface area contributed by atoms with Gasteiger partial charge in [-0.3, -0.25) is 0 Å².